The molecule has 1 aromatic carbocycles. The number of thioether (sulfide) groups is 1. The maximum atomic E-state index is 12.6. The number of carbonyl (C=O) groups is 1. The highest BCUT2D eigenvalue weighted by Crippen LogP contribution is 2.29. The molecule has 0 spiro atoms. The molecular formula is C17H22N2O2S. The number of hydrogen-bond acceptors (Lipinski definition) is 4. The van der Waals surface area contributed by atoms with Gasteiger partial charge in [0, 0.05) is 13.1 Å². The van der Waals surface area contributed by atoms with E-state index < -0.39 is 0 Å². The topological polar surface area (TPSA) is 46.3 Å². The minimum Gasteiger partial charge on any atom is -0.431 e. The van der Waals surface area contributed by atoms with Crippen LogP contribution in [0, 0.1) is 11.8 Å². The Morgan fingerprint density at radius 3 is 2.68 bits per heavy atom. The molecule has 1 amide bonds. The van der Waals surface area contributed by atoms with E-state index in [-0.39, 0.29) is 11.2 Å². The average molecular weight is 318 g/mol. The first kappa shape index (κ1) is 15.4. The van der Waals surface area contributed by atoms with Gasteiger partial charge in [-0.15, -0.1) is 0 Å². The molecule has 1 aromatic heterocycles. The van der Waals surface area contributed by atoms with E-state index in [4.69, 9.17) is 4.42 Å². The molecule has 0 radical (unpaired) electrons. The Labute approximate surface area is 135 Å². The molecule has 22 heavy (non-hydrogen) atoms. The first-order valence-electron chi connectivity index (χ1n) is 7.84. The number of benzene rings is 1. The minimum absolute atomic E-state index is 0.175. The molecule has 0 unspecified atom stereocenters. The van der Waals surface area contributed by atoms with Gasteiger partial charge in [0.2, 0.25) is 5.91 Å². The van der Waals surface area contributed by atoms with Crippen molar-refractivity contribution < 1.29 is 9.21 Å². The molecule has 1 saturated heterocycles. The molecule has 3 rings (SSSR count). The van der Waals surface area contributed by atoms with Crippen LogP contribution in [-0.4, -0.2) is 34.1 Å². The van der Waals surface area contributed by atoms with Crippen molar-refractivity contribution in [3.05, 3.63) is 24.3 Å². The Bertz CT molecular complexity index is 626. The molecule has 0 aliphatic carbocycles. The Hall–Kier alpha value is -1.49. The van der Waals surface area contributed by atoms with Gasteiger partial charge in [0.15, 0.2) is 5.58 Å². The van der Waals surface area contributed by atoms with Crippen molar-refractivity contribution in [3.63, 3.8) is 0 Å². The summed E-state index contributed by atoms with van der Waals surface area (Å²) in [5.41, 5.74) is 1.61. The number of amides is 1. The number of fused-ring (bicyclic) bond motifs is 1. The van der Waals surface area contributed by atoms with Crippen molar-refractivity contribution in [3.8, 4) is 0 Å². The summed E-state index contributed by atoms with van der Waals surface area (Å²) < 4.78 is 5.70. The third-order valence-electron chi connectivity index (χ3n) is 4.08. The summed E-state index contributed by atoms with van der Waals surface area (Å²) in [6.07, 6.45) is 1.20. The van der Waals surface area contributed by atoms with Gasteiger partial charge in [0.25, 0.3) is 5.22 Å². The zero-order valence-corrected chi connectivity index (χ0v) is 14.1. The summed E-state index contributed by atoms with van der Waals surface area (Å²) in [4.78, 5) is 19.1. The van der Waals surface area contributed by atoms with E-state index in [1.54, 1.807) is 0 Å². The summed E-state index contributed by atoms with van der Waals surface area (Å²) >= 11 is 1.40. The highest BCUT2D eigenvalue weighted by molar-refractivity contribution is 8.00. The van der Waals surface area contributed by atoms with Crippen LogP contribution in [0.15, 0.2) is 33.9 Å². The second-order valence-corrected chi connectivity index (χ2v) is 7.69. The van der Waals surface area contributed by atoms with Gasteiger partial charge in [-0.2, -0.15) is 0 Å². The molecule has 5 heteroatoms. The van der Waals surface area contributed by atoms with E-state index in [0.29, 0.717) is 17.1 Å². The van der Waals surface area contributed by atoms with Crippen LogP contribution in [0.25, 0.3) is 11.1 Å². The molecule has 118 valence electrons. The SMILES string of the molecule is C[C@@H]1C[C@@H](C)CN(C(=O)[C@H](C)Sc2nc3ccccc3o2)C1. The van der Waals surface area contributed by atoms with E-state index >= 15 is 0 Å². The molecule has 0 saturated carbocycles. The summed E-state index contributed by atoms with van der Waals surface area (Å²) in [6.45, 7) is 8.10. The molecule has 1 aliphatic heterocycles. The Morgan fingerprint density at radius 2 is 2.00 bits per heavy atom. The zero-order valence-electron chi connectivity index (χ0n) is 13.3. The van der Waals surface area contributed by atoms with E-state index in [9.17, 15) is 4.79 Å². The molecular weight excluding hydrogens is 296 g/mol. The van der Waals surface area contributed by atoms with Gasteiger partial charge in [-0.1, -0.05) is 37.7 Å². The van der Waals surface area contributed by atoms with Gasteiger partial charge in [-0.05, 0) is 37.3 Å². The Kier molecular flexibility index (Phi) is 4.43. The normalized spacial score (nSPS) is 23.7. The van der Waals surface area contributed by atoms with E-state index in [2.05, 4.69) is 18.8 Å². The van der Waals surface area contributed by atoms with Crippen molar-refractivity contribution >= 4 is 28.8 Å². The van der Waals surface area contributed by atoms with Crippen LogP contribution in [0.3, 0.4) is 0 Å². The number of likely N-dealkylation sites (tertiary alicyclic amines) is 1. The maximum Gasteiger partial charge on any atom is 0.257 e. The van der Waals surface area contributed by atoms with Gasteiger partial charge in [-0.25, -0.2) is 4.98 Å². The first-order valence-corrected chi connectivity index (χ1v) is 8.72. The fourth-order valence-electron chi connectivity index (χ4n) is 3.20. The van der Waals surface area contributed by atoms with E-state index in [1.807, 2.05) is 36.1 Å². The Morgan fingerprint density at radius 1 is 1.32 bits per heavy atom. The number of para-hydroxylation sites is 2. The Balaban J connectivity index is 1.68. The van der Waals surface area contributed by atoms with Crippen LogP contribution in [0.5, 0.6) is 0 Å². The summed E-state index contributed by atoms with van der Waals surface area (Å²) in [5, 5.41) is 0.394. The number of rotatable bonds is 3. The molecule has 3 atom stereocenters. The summed E-state index contributed by atoms with van der Waals surface area (Å²) in [6, 6.07) is 7.67. The lowest BCUT2D eigenvalue weighted by Gasteiger charge is -2.36. The van der Waals surface area contributed by atoms with Gasteiger partial charge >= 0.3 is 0 Å². The average Bonchev–Trinajstić information content (AvgIpc) is 2.87. The van der Waals surface area contributed by atoms with Gasteiger partial charge in [-0.3, -0.25) is 4.79 Å². The smallest absolute Gasteiger partial charge is 0.257 e. The molecule has 0 bridgehead atoms. The zero-order chi connectivity index (χ0) is 15.7. The van der Waals surface area contributed by atoms with E-state index in [0.717, 1.165) is 24.2 Å². The third kappa shape index (κ3) is 3.29. The van der Waals surface area contributed by atoms with Gasteiger partial charge in [0.1, 0.15) is 5.52 Å². The maximum absolute atomic E-state index is 12.6. The van der Waals surface area contributed by atoms with Crippen LogP contribution in [0.2, 0.25) is 0 Å². The summed E-state index contributed by atoms with van der Waals surface area (Å²) in [7, 11) is 0. The second kappa shape index (κ2) is 6.32. The molecule has 2 aromatic rings. The van der Waals surface area contributed by atoms with Crippen LogP contribution >= 0.6 is 11.8 Å². The van der Waals surface area contributed by atoms with Crippen LogP contribution in [-0.2, 0) is 4.79 Å². The lowest BCUT2D eigenvalue weighted by Crippen LogP contribution is -2.45. The van der Waals surface area contributed by atoms with Crippen LogP contribution < -0.4 is 0 Å². The summed E-state index contributed by atoms with van der Waals surface area (Å²) in [5.74, 6) is 1.34. The quantitative estimate of drug-likeness (QED) is 0.807. The number of oxazole rings is 1. The highest BCUT2D eigenvalue weighted by Gasteiger charge is 2.29. The standard InChI is InChI=1S/C17H22N2O2S/c1-11-8-12(2)10-19(9-11)16(20)13(3)22-17-18-14-6-4-5-7-15(14)21-17/h4-7,11-13H,8-10H2,1-3H3/t11-,12-,13+/m1/s1. The molecule has 0 N–H and O–H groups in total. The number of nitrogens with zero attached hydrogens (tertiary/aromatic N) is 2. The predicted molar refractivity (Wildman–Crippen MR) is 88.9 cm³/mol. The van der Waals surface area contributed by atoms with Crippen molar-refractivity contribution in [2.45, 2.75) is 37.7 Å². The lowest BCUT2D eigenvalue weighted by molar-refractivity contribution is -0.132. The molecule has 2 heterocycles. The fourth-order valence-corrected chi connectivity index (χ4v) is 4.04. The molecule has 1 fully saturated rings. The highest BCUT2D eigenvalue weighted by atomic mass is 32.2. The lowest BCUT2D eigenvalue weighted by atomic mass is 9.92. The largest absolute Gasteiger partial charge is 0.431 e. The second-order valence-electron chi connectivity index (χ2n) is 6.40. The monoisotopic (exact) mass is 318 g/mol. The van der Waals surface area contributed by atoms with E-state index in [1.165, 1.54) is 18.2 Å². The number of aromatic nitrogens is 1. The third-order valence-corrected chi connectivity index (χ3v) is 5.01. The van der Waals surface area contributed by atoms with Crippen LogP contribution in [0.4, 0.5) is 0 Å². The van der Waals surface area contributed by atoms with Gasteiger partial charge < -0.3 is 9.32 Å². The van der Waals surface area contributed by atoms with Crippen molar-refractivity contribution in [1.82, 2.24) is 9.88 Å². The first-order chi connectivity index (χ1) is 10.5. The minimum atomic E-state index is -0.175. The van der Waals surface area contributed by atoms with Crippen molar-refractivity contribution in [1.29, 1.82) is 0 Å². The number of hydrogen-bond donors (Lipinski definition) is 0. The predicted octanol–water partition coefficient (Wildman–Crippen LogP) is 3.81. The van der Waals surface area contributed by atoms with Crippen molar-refractivity contribution in [2.24, 2.45) is 11.8 Å². The molecule has 1 aliphatic rings. The number of piperidine rings is 1. The number of carbonyl (C=O) groups excluding carboxylic acids is 1. The van der Waals surface area contributed by atoms with Gasteiger partial charge in [0.05, 0.1) is 5.25 Å². The van der Waals surface area contributed by atoms with Crippen molar-refractivity contribution in [2.75, 3.05) is 13.1 Å². The van der Waals surface area contributed by atoms with Crippen LogP contribution in [0.1, 0.15) is 27.2 Å². The fraction of sp³-hybridized carbons (Fsp3) is 0.529. The molecule has 4 nitrogen and oxygen atoms in total.